The van der Waals surface area contributed by atoms with Gasteiger partial charge in [0.2, 0.25) is 0 Å². The van der Waals surface area contributed by atoms with Crippen LogP contribution < -0.4 is 0 Å². The molecule has 1 atom stereocenters. The van der Waals surface area contributed by atoms with Crippen molar-refractivity contribution in [3.05, 3.63) is 29.6 Å². The SMILES string of the molecule is COC(=O)CC(O)c1cc(C)ccn1. The third-order valence-electron chi connectivity index (χ3n) is 1.87. The number of rotatable bonds is 3. The number of hydrogen-bond acceptors (Lipinski definition) is 4. The summed E-state index contributed by atoms with van der Waals surface area (Å²) in [6, 6.07) is 3.57. The van der Waals surface area contributed by atoms with E-state index in [4.69, 9.17) is 0 Å². The van der Waals surface area contributed by atoms with Crippen LogP contribution in [0.15, 0.2) is 18.3 Å². The summed E-state index contributed by atoms with van der Waals surface area (Å²) >= 11 is 0. The summed E-state index contributed by atoms with van der Waals surface area (Å²) in [7, 11) is 1.29. The van der Waals surface area contributed by atoms with E-state index in [0.717, 1.165) is 5.56 Å². The molecular weight excluding hydrogens is 182 g/mol. The molecule has 1 heterocycles. The van der Waals surface area contributed by atoms with Gasteiger partial charge in [-0.3, -0.25) is 9.78 Å². The van der Waals surface area contributed by atoms with Crippen LogP contribution in [0.2, 0.25) is 0 Å². The van der Waals surface area contributed by atoms with Gasteiger partial charge in [-0.1, -0.05) is 0 Å². The van der Waals surface area contributed by atoms with Gasteiger partial charge in [-0.15, -0.1) is 0 Å². The van der Waals surface area contributed by atoms with Crippen LogP contribution in [0.4, 0.5) is 0 Å². The fourth-order valence-corrected chi connectivity index (χ4v) is 1.09. The Morgan fingerprint density at radius 1 is 1.71 bits per heavy atom. The van der Waals surface area contributed by atoms with Crippen molar-refractivity contribution in [1.29, 1.82) is 0 Å². The molecule has 1 unspecified atom stereocenters. The molecule has 0 saturated carbocycles. The molecule has 1 rings (SSSR count). The van der Waals surface area contributed by atoms with Crippen LogP contribution in [0, 0.1) is 6.92 Å². The van der Waals surface area contributed by atoms with E-state index in [0.29, 0.717) is 5.69 Å². The number of ether oxygens (including phenoxy) is 1. The Labute approximate surface area is 82.5 Å². The van der Waals surface area contributed by atoms with Gasteiger partial charge in [-0.05, 0) is 24.6 Å². The highest BCUT2D eigenvalue weighted by Crippen LogP contribution is 2.15. The van der Waals surface area contributed by atoms with Crippen molar-refractivity contribution in [3.63, 3.8) is 0 Å². The standard InChI is InChI=1S/C10H13NO3/c1-7-3-4-11-8(5-7)9(12)6-10(13)14-2/h3-5,9,12H,6H2,1-2H3. The van der Waals surface area contributed by atoms with E-state index in [-0.39, 0.29) is 6.42 Å². The zero-order chi connectivity index (χ0) is 10.6. The van der Waals surface area contributed by atoms with Crippen LogP contribution in [0.3, 0.4) is 0 Å². The molecule has 0 saturated heterocycles. The minimum absolute atomic E-state index is 0.0625. The van der Waals surface area contributed by atoms with E-state index >= 15 is 0 Å². The van der Waals surface area contributed by atoms with Crippen molar-refractivity contribution >= 4 is 5.97 Å². The summed E-state index contributed by atoms with van der Waals surface area (Å²) in [6.07, 6.45) is 0.653. The van der Waals surface area contributed by atoms with Crippen molar-refractivity contribution in [2.45, 2.75) is 19.4 Å². The second-order valence-electron chi connectivity index (χ2n) is 3.05. The van der Waals surface area contributed by atoms with Gasteiger partial charge in [0.25, 0.3) is 0 Å². The van der Waals surface area contributed by atoms with E-state index in [1.165, 1.54) is 7.11 Å². The molecular formula is C10H13NO3. The maximum Gasteiger partial charge on any atom is 0.308 e. The lowest BCUT2D eigenvalue weighted by Crippen LogP contribution is -2.09. The number of hydrogen-bond donors (Lipinski definition) is 1. The van der Waals surface area contributed by atoms with Crippen LogP contribution in [-0.4, -0.2) is 23.2 Å². The summed E-state index contributed by atoms with van der Waals surface area (Å²) in [6.45, 7) is 1.90. The maximum absolute atomic E-state index is 10.9. The van der Waals surface area contributed by atoms with Gasteiger partial charge in [-0.2, -0.15) is 0 Å². The lowest BCUT2D eigenvalue weighted by Gasteiger charge is -2.08. The van der Waals surface area contributed by atoms with Gasteiger partial charge in [0.1, 0.15) is 6.10 Å². The van der Waals surface area contributed by atoms with Crippen molar-refractivity contribution in [3.8, 4) is 0 Å². The summed E-state index contributed by atoms with van der Waals surface area (Å²) < 4.78 is 4.45. The van der Waals surface area contributed by atoms with Gasteiger partial charge >= 0.3 is 5.97 Å². The lowest BCUT2D eigenvalue weighted by molar-refractivity contribution is -0.142. The van der Waals surface area contributed by atoms with Crippen molar-refractivity contribution in [1.82, 2.24) is 4.98 Å². The Bertz CT molecular complexity index is 325. The summed E-state index contributed by atoms with van der Waals surface area (Å²) in [5.74, 6) is -0.444. The molecule has 1 N–H and O–H groups in total. The minimum Gasteiger partial charge on any atom is -0.469 e. The Morgan fingerprint density at radius 3 is 3.00 bits per heavy atom. The van der Waals surface area contributed by atoms with E-state index in [9.17, 15) is 9.90 Å². The third kappa shape index (κ3) is 2.81. The van der Waals surface area contributed by atoms with E-state index in [1.807, 2.05) is 13.0 Å². The largest absolute Gasteiger partial charge is 0.469 e. The second-order valence-corrected chi connectivity index (χ2v) is 3.05. The molecule has 0 amide bonds. The van der Waals surface area contributed by atoms with Crippen LogP contribution in [0.25, 0.3) is 0 Å². The Hall–Kier alpha value is -1.42. The van der Waals surface area contributed by atoms with E-state index < -0.39 is 12.1 Å². The van der Waals surface area contributed by atoms with Crippen molar-refractivity contribution < 1.29 is 14.6 Å². The van der Waals surface area contributed by atoms with Crippen LogP contribution >= 0.6 is 0 Å². The number of esters is 1. The molecule has 1 aromatic rings. The van der Waals surface area contributed by atoms with Gasteiger partial charge in [0.15, 0.2) is 0 Å². The first-order valence-corrected chi connectivity index (χ1v) is 4.31. The van der Waals surface area contributed by atoms with Crippen LogP contribution in [0.5, 0.6) is 0 Å². The molecule has 0 aliphatic rings. The number of aromatic nitrogens is 1. The molecule has 0 spiro atoms. The number of aliphatic hydroxyl groups excluding tert-OH is 1. The summed E-state index contributed by atoms with van der Waals surface area (Å²) in [4.78, 5) is 14.8. The third-order valence-corrected chi connectivity index (χ3v) is 1.87. The number of pyridine rings is 1. The molecule has 0 bridgehead atoms. The molecule has 0 fully saturated rings. The number of nitrogens with zero attached hydrogens (tertiary/aromatic N) is 1. The molecule has 0 aliphatic carbocycles. The number of methoxy groups -OCH3 is 1. The average molecular weight is 195 g/mol. The van der Waals surface area contributed by atoms with E-state index in [1.54, 1.807) is 12.3 Å². The topological polar surface area (TPSA) is 59.4 Å². The average Bonchev–Trinajstić information content (AvgIpc) is 2.17. The fraction of sp³-hybridized carbons (Fsp3) is 0.400. The first kappa shape index (κ1) is 10.7. The molecule has 1 aromatic heterocycles. The molecule has 4 nitrogen and oxygen atoms in total. The van der Waals surface area contributed by atoms with Crippen molar-refractivity contribution in [2.24, 2.45) is 0 Å². The number of aryl methyl sites for hydroxylation is 1. The summed E-state index contributed by atoms with van der Waals surface area (Å²) in [5, 5.41) is 9.58. The first-order chi connectivity index (χ1) is 6.63. The highest BCUT2D eigenvalue weighted by molar-refractivity contribution is 5.69. The maximum atomic E-state index is 10.9. The molecule has 0 radical (unpaired) electrons. The molecule has 14 heavy (non-hydrogen) atoms. The van der Waals surface area contributed by atoms with Gasteiger partial charge in [0, 0.05) is 6.20 Å². The first-order valence-electron chi connectivity index (χ1n) is 4.31. The fourth-order valence-electron chi connectivity index (χ4n) is 1.09. The molecule has 0 aliphatic heterocycles. The van der Waals surface area contributed by atoms with E-state index in [2.05, 4.69) is 9.72 Å². The highest BCUT2D eigenvalue weighted by atomic mass is 16.5. The van der Waals surface area contributed by atoms with Gasteiger partial charge < -0.3 is 9.84 Å². The van der Waals surface area contributed by atoms with Crippen molar-refractivity contribution in [2.75, 3.05) is 7.11 Å². The normalized spacial score (nSPS) is 12.2. The van der Waals surface area contributed by atoms with Gasteiger partial charge in [-0.25, -0.2) is 0 Å². The smallest absolute Gasteiger partial charge is 0.308 e. The lowest BCUT2D eigenvalue weighted by atomic mass is 10.1. The monoisotopic (exact) mass is 195 g/mol. The summed E-state index contributed by atoms with van der Waals surface area (Å²) in [5.41, 5.74) is 1.49. The minimum atomic E-state index is -0.887. The molecule has 4 heteroatoms. The Kier molecular flexibility index (Phi) is 3.59. The Balaban J connectivity index is 2.69. The molecule has 0 aromatic carbocycles. The zero-order valence-electron chi connectivity index (χ0n) is 8.23. The van der Waals surface area contributed by atoms with Crippen LogP contribution in [-0.2, 0) is 9.53 Å². The predicted octanol–water partition coefficient (Wildman–Crippen LogP) is 0.987. The highest BCUT2D eigenvalue weighted by Gasteiger charge is 2.14. The number of aliphatic hydroxyl groups is 1. The second kappa shape index (κ2) is 4.72. The number of carbonyl (C=O) groups is 1. The Morgan fingerprint density at radius 2 is 2.43 bits per heavy atom. The molecule has 76 valence electrons. The quantitative estimate of drug-likeness (QED) is 0.730. The number of carbonyl (C=O) groups excluding carboxylic acids is 1. The predicted molar refractivity (Wildman–Crippen MR) is 50.6 cm³/mol. The van der Waals surface area contributed by atoms with Crippen LogP contribution in [0.1, 0.15) is 23.8 Å². The van der Waals surface area contributed by atoms with Gasteiger partial charge in [0.05, 0.1) is 19.2 Å². The zero-order valence-corrected chi connectivity index (χ0v) is 8.23.